The van der Waals surface area contributed by atoms with Crippen molar-refractivity contribution in [2.24, 2.45) is 5.92 Å². The summed E-state index contributed by atoms with van der Waals surface area (Å²) in [6.45, 7) is 1.35. The van der Waals surface area contributed by atoms with Crippen LogP contribution in [0.15, 0.2) is 0 Å². The number of amides is 1. The second-order valence-electron chi connectivity index (χ2n) is 2.19. The minimum Gasteiger partial charge on any atom is -0.359 e. The van der Waals surface area contributed by atoms with Gasteiger partial charge in [-0.25, -0.2) is 8.78 Å². The van der Waals surface area contributed by atoms with Crippen molar-refractivity contribution in [3.63, 3.8) is 0 Å². The lowest BCUT2D eigenvalue weighted by atomic mass is 10.1. The molecule has 4 heteroatoms. The van der Waals surface area contributed by atoms with Gasteiger partial charge in [0.25, 0.3) is 0 Å². The zero-order valence-corrected chi connectivity index (χ0v) is 6.03. The van der Waals surface area contributed by atoms with E-state index in [-0.39, 0.29) is 12.3 Å². The van der Waals surface area contributed by atoms with Crippen LogP contribution in [0.1, 0.15) is 13.3 Å². The molecule has 0 bridgehead atoms. The van der Waals surface area contributed by atoms with E-state index in [1.54, 1.807) is 0 Å². The Labute approximate surface area is 58.6 Å². The van der Waals surface area contributed by atoms with Gasteiger partial charge < -0.3 is 5.32 Å². The second-order valence-corrected chi connectivity index (χ2v) is 2.19. The summed E-state index contributed by atoms with van der Waals surface area (Å²) in [6.07, 6.45) is -2.51. The molecule has 2 nitrogen and oxygen atoms in total. The van der Waals surface area contributed by atoms with Gasteiger partial charge in [0, 0.05) is 19.4 Å². The van der Waals surface area contributed by atoms with E-state index < -0.39 is 12.3 Å². The van der Waals surface area contributed by atoms with Gasteiger partial charge >= 0.3 is 0 Å². The zero-order valence-electron chi connectivity index (χ0n) is 6.03. The number of rotatable bonds is 3. The molecule has 0 fully saturated rings. The summed E-state index contributed by atoms with van der Waals surface area (Å²) in [5, 5.41) is 2.28. The first-order chi connectivity index (χ1) is 4.57. The van der Waals surface area contributed by atoms with E-state index in [4.69, 9.17) is 0 Å². The van der Waals surface area contributed by atoms with E-state index in [1.807, 2.05) is 0 Å². The van der Waals surface area contributed by atoms with Gasteiger partial charge in [-0.2, -0.15) is 0 Å². The van der Waals surface area contributed by atoms with Gasteiger partial charge in [-0.05, 0) is 0 Å². The van der Waals surface area contributed by atoms with Crippen molar-refractivity contribution in [2.75, 3.05) is 7.05 Å². The molecular formula is C6H11F2NO. The first-order valence-corrected chi connectivity index (χ1v) is 3.06. The summed E-state index contributed by atoms with van der Waals surface area (Å²) in [6, 6.07) is 0. The molecule has 1 atom stereocenters. The summed E-state index contributed by atoms with van der Waals surface area (Å²) in [4.78, 5) is 10.5. The number of hydrogen-bond donors (Lipinski definition) is 1. The van der Waals surface area contributed by atoms with E-state index in [1.165, 1.54) is 14.0 Å². The smallest absolute Gasteiger partial charge is 0.241 e. The molecule has 0 radical (unpaired) electrons. The lowest BCUT2D eigenvalue weighted by Gasteiger charge is -2.07. The van der Waals surface area contributed by atoms with Crippen LogP contribution in [0.4, 0.5) is 8.78 Å². The molecule has 0 saturated carbocycles. The van der Waals surface area contributed by atoms with Crippen molar-refractivity contribution in [1.29, 1.82) is 0 Å². The highest BCUT2D eigenvalue weighted by molar-refractivity contribution is 5.75. The van der Waals surface area contributed by atoms with Crippen LogP contribution in [0.25, 0.3) is 0 Å². The highest BCUT2D eigenvalue weighted by atomic mass is 19.3. The summed E-state index contributed by atoms with van der Waals surface area (Å²) in [5.74, 6) is -1.19. The number of halogens is 2. The number of carbonyl (C=O) groups is 1. The average molecular weight is 151 g/mol. The third-order valence-electron chi connectivity index (χ3n) is 1.22. The standard InChI is InChI=1S/C6H11F2NO/c1-4(6(7)8)3-5(10)9-2/h4,6H,3H2,1-2H3,(H,9,10)/t4-/m1/s1. The molecule has 0 saturated heterocycles. The average Bonchev–Trinajstić information content (AvgIpc) is 1.87. The SMILES string of the molecule is CNC(=O)C[C@@H](C)C(F)F. The van der Waals surface area contributed by atoms with Crippen LogP contribution in [0.3, 0.4) is 0 Å². The first-order valence-electron chi connectivity index (χ1n) is 3.06. The minimum atomic E-state index is -2.41. The van der Waals surface area contributed by atoms with Gasteiger partial charge in [0.05, 0.1) is 0 Å². The van der Waals surface area contributed by atoms with Gasteiger partial charge in [0.15, 0.2) is 0 Å². The topological polar surface area (TPSA) is 29.1 Å². The predicted molar refractivity (Wildman–Crippen MR) is 33.9 cm³/mol. The molecular weight excluding hydrogens is 140 g/mol. The van der Waals surface area contributed by atoms with Gasteiger partial charge in [-0.3, -0.25) is 4.79 Å². The molecule has 0 spiro atoms. The van der Waals surface area contributed by atoms with Crippen molar-refractivity contribution in [1.82, 2.24) is 5.32 Å². The fourth-order valence-electron chi connectivity index (χ4n) is 0.484. The second kappa shape index (κ2) is 4.19. The van der Waals surface area contributed by atoms with Crippen molar-refractivity contribution >= 4 is 5.91 Å². The Hall–Kier alpha value is -0.670. The largest absolute Gasteiger partial charge is 0.359 e. The van der Waals surface area contributed by atoms with E-state index in [0.717, 1.165) is 0 Å². The Morgan fingerprint density at radius 2 is 2.10 bits per heavy atom. The molecule has 0 aromatic rings. The molecule has 0 unspecified atom stereocenters. The predicted octanol–water partition coefficient (Wildman–Crippen LogP) is 1.02. The summed E-state index contributed by atoms with van der Waals surface area (Å²) < 4.78 is 23.5. The van der Waals surface area contributed by atoms with Crippen LogP contribution >= 0.6 is 0 Å². The Morgan fingerprint density at radius 1 is 1.60 bits per heavy atom. The highest BCUT2D eigenvalue weighted by Gasteiger charge is 2.17. The number of nitrogens with one attached hydrogen (secondary N) is 1. The van der Waals surface area contributed by atoms with Gasteiger partial charge in [-0.1, -0.05) is 6.92 Å². The van der Waals surface area contributed by atoms with Crippen molar-refractivity contribution in [3.8, 4) is 0 Å². The van der Waals surface area contributed by atoms with Crippen LogP contribution in [0.5, 0.6) is 0 Å². The van der Waals surface area contributed by atoms with Crippen LogP contribution in [-0.4, -0.2) is 19.4 Å². The summed E-state index contributed by atoms with van der Waals surface area (Å²) in [5.41, 5.74) is 0. The molecule has 1 amide bonds. The number of carbonyl (C=O) groups excluding carboxylic acids is 1. The van der Waals surface area contributed by atoms with Gasteiger partial charge in [0.2, 0.25) is 12.3 Å². The number of hydrogen-bond acceptors (Lipinski definition) is 1. The Morgan fingerprint density at radius 3 is 2.40 bits per heavy atom. The van der Waals surface area contributed by atoms with Gasteiger partial charge in [-0.15, -0.1) is 0 Å². The van der Waals surface area contributed by atoms with Crippen molar-refractivity contribution in [2.45, 2.75) is 19.8 Å². The van der Waals surface area contributed by atoms with E-state index >= 15 is 0 Å². The van der Waals surface area contributed by atoms with Crippen LogP contribution in [0.2, 0.25) is 0 Å². The molecule has 60 valence electrons. The van der Waals surface area contributed by atoms with E-state index in [0.29, 0.717) is 0 Å². The Kier molecular flexibility index (Phi) is 3.91. The van der Waals surface area contributed by atoms with Crippen LogP contribution in [-0.2, 0) is 4.79 Å². The number of alkyl halides is 2. The van der Waals surface area contributed by atoms with Gasteiger partial charge in [0.1, 0.15) is 0 Å². The highest BCUT2D eigenvalue weighted by Crippen LogP contribution is 2.11. The normalized spacial score (nSPS) is 13.3. The molecule has 0 aliphatic rings. The first kappa shape index (κ1) is 9.33. The lowest BCUT2D eigenvalue weighted by Crippen LogP contribution is -2.22. The molecule has 0 aromatic heterocycles. The lowest BCUT2D eigenvalue weighted by molar-refractivity contribution is -0.122. The van der Waals surface area contributed by atoms with E-state index in [2.05, 4.69) is 5.32 Å². The Balaban J connectivity index is 3.57. The van der Waals surface area contributed by atoms with Crippen LogP contribution < -0.4 is 5.32 Å². The maximum atomic E-state index is 11.7. The maximum Gasteiger partial charge on any atom is 0.241 e. The zero-order chi connectivity index (χ0) is 8.15. The monoisotopic (exact) mass is 151 g/mol. The molecule has 0 heterocycles. The van der Waals surface area contributed by atoms with Crippen molar-refractivity contribution < 1.29 is 13.6 Å². The fraction of sp³-hybridized carbons (Fsp3) is 0.833. The quantitative estimate of drug-likeness (QED) is 0.641. The van der Waals surface area contributed by atoms with E-state index in [9.17, 15) is 13.6 Å². The third kappa shape index (κ3) is 3.37. The molecule has 10 heavy (non-hydrogen) atoms. The van der Waals surface area contributed by atoms with Crippen molar-refractivity contribution in [3.05, 3.63) is 0 Å². The summed E-state index contributed by atoms with van der Waals surface area (Å²) >= 11 is 0. The molecule has 0 aromatic carbocycles. The third-order valence-corrected chi connectivity index (χ3v) is 1.22. The minimum absolute atomic E-state index is 0.103. The molecule has 0 aliphatic heterocycles. The molecule has 0 aliphatic carbocycles. The van der Waals surface area contributed by atoms with Crippen LogP contribution in [0, 0.1) is 5.92 Å². The fourth-order valence-corrected chi connectivity index (χ4v) is 0.484. The Bertz CT molecular complexity index is 116. The molecule has 1 N–H and O–H groups in total. The summed E-state index contributed by atoms with van der Waals surface area (Å²) in [7, 11) is 1.43. The maximum absolute atomic E-state index is 11.7. The molecule has 0 rings (SSSR count).